The van der Waals surface area contributed by atoms with Gasteiger partial charge in [-0.2, -0.15) is 0 Å². The maximum atomic E-state index is 5.01. The molecule has 704 valence electrons. The molecule has 18 nitrogen and oxygen atoms in total. The SMILES string of the molecule is Cc1ccc(-c2nc(-c3ccccc3)nc(-c3ccccc3)n2)cc1.Cc1ccc2c(c1)c1cccnc1n2-c1ccccn1.Cc1ccc2c(c1)c1nc(-c3ccccc3)ccc1n2-c1ccccn1.Cc1ccc2c(c1)c1ncccc1n2-c1ccccn1.Cc1cccc(-c2nc(-c3ccccc3)nc(-c3ccccc3)n2)c1.Cc1nc(-c2ccccc2)nc(-c2cc(-c3ccccc3)cc(-c3ccccc3)c2)n1. The average Bonchev–Trinajstić information content (AvgIpc) is 1.66. The highest BCUT2D eigenvalue weighted by atomic mass is 15.1. The molecule has 0 radical (unpaired) electrons. The highest BCUT2D eigenvalue weighted by molar-refractivity contribution is 6.10. The van der Waals surface area contributed by atoms with E-state index in [1.54, 1.807) is 0 Å². The lowest BCUT2D eigenvalue weighted by Crippen LogP contribution is -2.00. The average molecular weight is 1900 g/mol. The Hall–Kier alpha value is -19.6. The van der Waals surface area contributed by atoms with Gasteiger partial charge in [0.1, 0.15) is 28.9 Å². The van der Waals surface area contributed by atoms with Gasteiger partial charge in [-0.1, -0.05) is 349 Å². The van der Waals surface area contributed by atoms with Crippen molar-refractivity contribution < 1.29 is 0 Å². The zero-order valence-corrected chi connectivity index (χ0v) is 81.7. The van der Waals surface area contributed by atoms with Crippen molar-refractivity contribution in [3.63, 3.8) is 0 Å². The minimum atomic E-state index is 0.682. The summed E-state index contributed by atoms with van der Waals surface area (Å²) in [5.41, 5.74) is 29.2. The normalized spacial score (nSPS) is 10.9. The number of hydrogen-bond donors (Lipinski definition) is 0. The minimum Gasteiger partial charge on any atom is -0.292 e. The zero-order valence-electron chi connectivity index (χ0n) is 81.7. The van der Waals surface area contributed by atoms with Gasteiger partial charge < -0.3 is 0 Å². The maximum absolute atomic E-state index is 5.01. The molecular weight excluding hydrogens is 1800 g/mol. The van der Waals surface area contributed by atoms with E-state index in [1.165, 1.54) is 38.6 Å². The fourth-order valence-electron chi connectivity index (χ4n) is 17.9. The van der Waals surface area contributed by atoms with Crippen LogP contribution >= 0.6 is 0 Å². The van der Waals surface area contributed by atoms with Crippen molar-refractivity contribution in [3.05, 3.63) is 520 Å². The minimum absolute atomic E-state index is 0.682. The molecule has 14 aromatic carbocycles. The number of hydrogen-bond acceptors (Lipinski definition) is 15. The molecule has 12 heterocycles. The van der Waals surface area contributed by atoms with Crippen molar-refractivity contribution in [1.82, 2.24) is 88.5 Å². The van der Waals surface area contributed by atoms with Gasteiger partial charge in [0.15, 0.2) is 46.6 Å². The summed E-state index contributed by atoms with van der Waals surface area (Å²) >= 11 is 0. The highest BCUT2D eigenvalue weighted by Gasteiger charge is 2.22. The van der Waals surface area contributed by atoms with Gasteiger partial charge in [0.25, 0.3) is 0 Å². The van der Waals surface area contributed by atoms with Gasteiger partial charge in [-0.25, -0.2) is 69.8 Å². The Morgan fingerprint density at radius 1 is 0.156 bits per heavy atom. The van der Waals surface area contributed by atoms with E-state index in [-0.39, 0.29) is 0 Å². The molecule has 26 rings (SSSR count). The molecule has 0 aliphatic heterocycles. The highest BCUT2D eigenvalue weighted by Crippen LogP contribution is 2.39. The molecule has 0 saturated carbocycles. The number of benzene rings is 14. The van der Waals surface area contributed by atoms with Crippen LogP contribution in [0.5, 0.6) is 0 Å². The summed E-state index contributed by atoms with van der Waals surface area (Å²) in [6, 6.07) is 154. The first-order chi connectivity index (χ1) is 72.3. The van der Waals surface area contributed by atoms with Crippen molar-refractivity contribution in [2.75, 3.05) is 0 Å². The molecule has 12 aromatic heterocycles. The lowest BCUT2D eigenvalue weighted by Gasteiger charge is -2.11. The standard InChI is InChI=1S/C28H21N3.C23H17N3.2C22H17N3.2C17H13N3/c1-20-29-27(23-15-9-4-10-16-23)31-28(30-20)26-18-24(21-11-5-2-6-12-21)17-25(19-26)22-13-7-3-8-14-22;1-16-10-12-20-18(15-16)23-21(26(20)22-9-5-6-14-24-22)13-11-19(25-23)17-7-3-2-4-8-17;1-16-9-8-14-19(15-16)22-24-20(17-10-4-2-5-11-17)23-21(25-22)18-12-6-3-7-13-18;1-16-12-14-19(15-13-16)22-24-20(17-8-4-2-5-9-17)23-21(25-22)18-10-6-3-7-11-18;1-12-7-8-14-13(11-12)17-15(5-4-10-19-17)20(14)16-6-2-3-9-18-16;1-12-7-8-15-14(11-12)13-5-4-10-19-17(13)20(15)16-6-2-3-9-18-16/h2-19H,1H3;2-15H,1H3;2*2-15H,1H3;2*2-11H,1H3. The van der Waals surface area contributed by atoms with Crippen LogP contribution in [0, 0.1) is 41.5 Å². The molecule has 0 amide bonds. The van der Waals surface area contributed by atoms with E-state index in [0.717, 1.165) is 151 Å². The molecule has 0 saturated heterocycles. The molecule has 0 fully saturated rings. The summed E-state index contributed by atoms with van der Waals surface area (Å²) in [5.74, 6) is 8.92. The van der Waals surface area contributed by atoms with E-state index in [2.05, 4.69) is 265 Å². The number of nitrogens with zero attached hydrogens (tertiary/aromatic N) is 18. The van der Waals surface area contributed by atoms with Crippen molar-refractivity contribution in [1.29, 1.82) is 0 Å². The molecule has 0 unspecified atom stereocenters. The molecule has 147 heavy (non-hydrogen) atoms. The third-order valence-electron chi connectivity index (χ3n) is 25.0. The Morgan fingerprint density at radius 3 is 0.898 bits per heavy atom. The third kappa shape index (κ3) is 21.4. The molecule has 0 spiro atoms. The second kappa shape index (κ2) is 43.7. The van der Waals surface area contributed by atoms with Crippen LogP contribution in [0.2, 0.25) is 0 Å². The molecule has 0 bridgehead atoms. The summed E-state index contributed by atoms with van der Waals surface area (Å²) in [6.45, 7) is 12.4. The lowest BCUT2D eigenvalue weighted by atomic mass is 9.96. The Labute approximate surface area is 851 Å². The first-order valence-corrected chi connectivity index (χ1v) is 48.7. The predicted molar refractivity (Wildman–Crippen MR) is 597 cm³/mol. The number of aromatic nitrogens is 18. The topological polar surface area (TPSA) is 208 Å². The number of rotatable bonds is 14. The Balaban J connectivity index is 0.000000104. The molecule has 26 aromatic rings. The molecule has 0 aliphatic carbocycles. The second-order valence-corrected chi connectivity index (χ2v) is 35.5. The van der Waals surface area contributed by atoms with Crippen LogP contribution in [0.1, 0.15) is 33.6 Å². The maximum Gasteiger partial charge on any atom is 0.164 e. The molecule has 0 N–H and O–H groups in total. The summed E-state index contributed by atoms with van der Waals surface area (Å²) in [6.07, 6.45) is 9.12. The lowest BCUT2D eigenvalue weighted by molar-refractivity contribution is 0.992. The van der Waals surface area contributed by atoms with Crippen molar-refractivity contribution in [2.45, 2.75) is 41.5 Å². The van der Waals surface area contributed by atoms with Gasteiger partial charge in [-0.15, -0.1) is 0 Å². The van der Waals surface area contributed by atoms with Crippen LogP contribution in [-0.2, 0) is 0 Å². The fourth-order valence-corrected chi connectivity index (χ4v) is 17.9. The van der Waals surface area contributed by atoms with E-state index in [4.69, 9.17) is 39.9 Å². The van der Waals surface area contributed by atoms with E-state index >= 15 is 0 Å². The zero-order chi connectivity index (χ0) is 99.7. The van der Waals surface area contributed by atoms with E-state index in [1.807, 2.05) is 311 Å². The summed E-state index contributed by atoms with van der Waals surface area (Å²) in [7, 11) is 0. The second-order valence-electron chi connectivity index (χ2n) is 35.5. The quantitative estimate of drug-likeness (QED) is 0.0992. The first-order valence-electron chi connectivity index (χ1n) is 48.7. The van der Waals surface area contributed by atoms with Crippen LogP contribution in [0.3, 0.4) is 0 Å². The predicted octanol–water partition coefficient (Wildman–Crippen LogP) is 30.5. The van der Waals surface area contributed by atoms with Crippen LogP contribution in [0.15, 0.2) is 486 Å². The van der Waals surface area contributed by atoms with Crippen LogP contribution in [-0.4, -0.2) is 88.5 Å². The van der Waals surface area contributed by atoms with Crippen molar-refractivity contribution in [2.24, 2.45) is 0 Å². The van der Waals surface area contributed by atoms with Gasteiger partial charge >= 0.3 is 0 Å². The van der Waals surface area contributed by atoms with Crippen LogP contribution in [0.25, 0.3) is 208 Å². The summed E-state index contributed by atoms with van der Waals surface area (Å²) in [4.78, 5) is 69.9. The largest absolute Gasteiger partial charge is 0.292 e. The van der Waals surface area contributed by atoms with Crippen molar-refractivity contribution in [3.8, 4) is 142 Å². The first kappa shape index (κ1) is 93.7. The monoisotopic (exact) mass is 1900 g/mol. The molecule has 18 heteroatoms. The Morgan fingerprint density at radius 2 is 0.469 bits per heavy atom. The van der Waals surface area contributed by atoms with Crippen LogP contribution in [0.4, 0.5) is 0 Å². The van der Waals surface area contributed by atoms with Gasteiger partial charge in [0, 0.05) is 103 Å². The van der Waals surface area contributed by atoms with Gasteiger partial charge in [-0.05, 0) is 197 Å². The molecular formula is C129H98N18. The van der Waals surface area contributed by atoms with Gasteiger partial charge in [-0.3, -0.25) is 18.7 Å². The number of aryl methyl sites for hydroxylation is 6. The third-order valence-corrected chi connectivity index (χ3v) is 25.0. The summed E-state index contributed by atoms with van der Waals surface area (Å²) < 4.78 is 6.47. The van der Waals surface area contributed by atoms with E-state index < -0.39 is 0 Å². The van der Waals surface area contributed by atoms with E-state index in [0.29, 0.717) is 52.4 Å². The Bertz CT molecular complexity index is 8720. The van der Waals surface area contributed by atoms with Crippen LogP contribution < -0.4 is 0 Å². The number of fused-ring (bicyclic) bond motifs is 9. The van der Waals surface area contributed by atoms with E-state index in [9.17, 15) is 0 Å². The molecule has 0 atom stereocenters. The fraction of sp³-hybridized carbons (Fsp3) is 0.0465. The summed E-state index contributed by atoms with van der Waals surface area (Å²) in [5, 5.41) is 4.71. The van der Waals surface area contributed by atoms with Gasteiger partial charge in [0.05, 0.1) is 44.3 Å². The number of pyridine rings is 6. The smallest absolute Gasteiger partial charge is 0.164 e. The van der Waals surface area contributed by atoms with Crippen molar-refractivity contribution >= 4 is 65.8 Å². The molecule has 0 aliphatic rings. The van der Waals surface area contributed by atoms with Gasteiger partial charge in [0.2, 0.25) is 0 Å². The Kier molecular flexibility index (Phi) is 27.8.